The van der Waals surface area contributed by atoms with Crippen LogP contribution in [0.5, 0.6) is 0 Å². The van der Waals surface area contributed by atoms with Crippen LogP contribution in [-0.4, -0.2) is 64.3 Å². The number of imidazole rings is 1. The van der Waals surface area contributed by atoms with Crippen molar-refractivity contribution < 1.29 is 9.53 Å². The number of aromatic amines is 2. The van der Waals surface area contributed by atoms with Crippen molar-refractivity contribution in [3.05, 3.63) is 59.8 Å². The van der Waals surface area contributed by atoms with Crippen LogP contribution in [0.3, 0.4) is 0 Å². The fourth-order valence-electron chi connectivity index (χ4n) is 3.93. The Morgan fingerprint density at radius 3 is 2.84 bits per heavy atom. The Hall–Kier alpha value is -3.69. The van der Waals surface area contributed by atoms with E-state index in [1.807, 2.05) is 24.3 Å². The number of benzene rings is 2. The molecular formula is C23H25N7O2. The summed E-state index contributed by atoms with van der Waals surface area (Å²) in [4.78, 5) is 23.3. The Morgan fingerprint density at radius 2 is 2.00 bits per heavy atom. The van der Waals surface area contributed by atoms with Crippen LogP contribution in [-0.2, 0) is 11.3 Å². The summed E-state index contributed by atoms with van der Waals surface area (Å²) in [6.45, 7) is 4.31. The van der Waals surface area contributed by atoms with Crippen molar-refractivity contribution >= 4 is 28.3 Å². The summed E-state index contributed by atoms with van der Waals surface area (Å²) in [7, 11) is 1.79. The van der Waals surface area contributed by atoms with E-state index < -0.39 is 0 Å². The zero-order valence-electron chi connectivity index (χ0n) is 17.8. The van der Waals surface area contributed by atoms with Gasteiger partial charge in [0.05, 0.1) is 35.5 Å². The molecule has 2 aromatic heterocycles. The van der Waals surface area contributed by atoms with Crippen LogP contribution in [0.2, 0.25) is 0 Å². The number of ether oxygens (including phenoxy) is 1. The molecule has 3 heterocycles. The number of fused-ring (bicyclic) bond motifs is 1. The molecule has 1 fully saturated rings. The number of carbonyl (C=O) groups excluding carboxylic acids is 1. The van der Waals surface area contributed by atoms with Crippen molar-refractivity contribution in [2.75, 3.05) is 44.0 Å². The van der Waals surface area contributed by atoms with Crippen molar-refractivity contribution in [2.24, 2.45) is 0 Å². The minimum atomic E-state index is -0.221. The third-order valence-corrected chi connectivity index (χ3v) is 5.61. The first-order valence-corrected chi connectivity index (χ1v) is 10.6. The lowest BCUT2D eigenvalue weighted by molar-refractivity contribution is 0.0342. The molecule has 2 aromatic carbocycles. The van der Waals surface area contributed by atoms with Crippen LogP contribution >= 0.6 is 0 Å². The summed E-state index contributed by atoms with van der Waals surface area (Å²) in [6.07, 6.45) is 1.66. The number of nitrogens with zero attached hydrogens (tertiary/aromatic N) is 3. The predicted molar refractivity (Wildman–Crippen MR) is 124 cm³/mol. The largest absolute Gasteiger partial charge is 0.387 e. The highest BCUT2D eigenvalue weighted by Crippen LogP contribution is 2.27. The smallest absolute Gasteiger partial charge is 0.257 e. The first kappa shape index (κ1) is 20.2. The monoisotopic (exact) mass is 431 g/mol. The minimum absolute atomic E-state index is 0.221. The molecule has 5 rings (SSSR count). The van der Waals surface area contributed by atoms with E-state index in [0.29, 0.717) is 22.8 Å². The van der Waals surface area contributed by atoms with Crippen molar-refractivity contribution in [3.63, 3.8) is 0 Å². The van der Waals surface area contributed by atoms with Gasteiger partial charge in [-0.3, -0.25) is 14.8 Å². The van der Waals surface area contributed by atoms with E-state index >= 15 is 0 Å². The summed E-state index contributed by atoms with van der Waals surface area (Å²) < 4.78 is 5.43. The lowest BCUT2D eigenvalue weighted by atomic mass is 10.1. The summed E-state index contributed by atoms with van der Waals surface area (Å²) in [5, 5.41) is 13.1. The van der Waals surface area contributed by atoms with Crippen LogP contribution in [0.25, 0.3) is 22.6 Å². The van der Waals surface area contributed by atoms with E-state index in [4.69, 9.17) is 9.72 Å². The second-order valence-electron chi connectivity index (χ2n) is 7.72. The number of morpholine rings is 1. The molecule has 1 aliphatic heterocycles. The molecule has 0 unspecified atom stereocenters. The average Bonchev–Trinajstić information content (AvgIpc) is 3.46. The molecule has 0 atom stereocenters. The Labute approximate surface area is 185 Å². The fraction of sp³-hybridized carbons (Fsp3) is 0.261. The number of rotatable bonds is 6. The number of para-hydroxylation sites is 1. The van der Waals surface area contributed by atoms with Gasteiger partial charge in [0.2, 0.25) is 0 Å². The molecule has 0 bridgehead atoms. The normalized spacial score (nSPS) is 14.5. The number of anilines is 2. The lowest BCUT2D eigenvalue weighted by Gasteiger charge is -2.26. The molecule has 1 amide bonds. The van der Waals surface area contributed by atoms with Crippen molar-refractivity contribution in [1.82, 2.24) is 25.1 Å². The Kier molecular flexibility index (Phi) is 5.57. The highest BCUT2D eigenvalue weighted by atomic mass is 16.5. The molecule has 1 saturated heterocycles. The standard InChI is InChI=1S/C23H25N7O2/c1-24-17-5-3-2-4-16(17)23(31)28-20-13-25-29-21(20)22-26-18-7-6-15(12-19(18)27-22)14-30-8-10-32-11-9-30/h2-7,12-13,24H,8-11,14H2,1H3,(H,25,29)(H,26,27)(H,28,31). The molecule has 164 valence electrons. The van der Waals surface area contributed by atoms with E-state index in [1.54, 1.807) is 19.3 Å². The van der Waals surface area contributed by atoms with Crippen molar-refractivity contribution in [2.45, 2.75) is 6.54 Å². The highest BCUT2D eigenvalue weighted by molar-refractivity contribution is 6.09. The number of hydrogen-bond acceptors (Lipinski definition) is 6. The second kappa shape index (κ2) is 8.81. The Balaban J connectivity index is 1.38. The molecule has 9 heteroatoms. The number of nitrogens with one attached hydrogen (secondary N) is 4. The lowest BCUT2D eigenvalue weighted by Crippen LogP contribution is -2.35. The first-order chi connectivity index (χ1) is 15.7. The molecular weight excluding hydrogens is 406 g/mol. The maximum absolute atomic E-state index is 12.8. The summed E-state index contributed by atoms with van der Waals surface area (Å²) in [5.41, 5.74) is 5.43. The van der Waals surface area contributed by atoms with E-state index in [2.05, 4.69) is 42.8 Å². The van der Waals surface area contributed by atoms with Crippen LogP contribution < -0.4 is 10.6 Å². The van der Waals surface area contributed by atoms with Gasteiger partial charge >= 0.3 is 0 Å². The molecule has 9 nitrogen and oxygen atoms in total. The van der Waals surface area contributed by atoms with Gasteiger partial charge in [-0.05, 0) is 29.8 Å². The zero-order valence-corrected chi connectivity index (χ0v) is 17.8. The Bertz CT molecular complexity index is 1240. The molecule has 1 aliphatic rings. The number of carbonyl (C=O) groups is 1. The van der Waals surface area contributed by atoms with E-state index in [-0.39, 0.29) is 5.91 Å². The van der Waals surface area contributed by atoms with E-state index in [1.165, 1.54) is 5.56 Å². The highest BCUT2D eigenvalue weighted by Gasteiger charge is 2.18. The van der Waals surface area contributed by atoms with Crippen LogP contribution in [0.15, 0.2) is 48.7 Å². The average molecular weight is 432 g/mol. The van der Waals surface area contributed by atoms with Gasteiger partial charge in [-0.25, -0.2) is 4.98 Å². The first-order valence-electron chi connectivity index (χ1n) is 10.6. The van der Waals surface area contributed by atoms with Crippen molar-refractivity contribution in [1.29, 1.82) is 0 Å². The van der Waals surface area contributed by atoms with Gasteiger partial charge in [0.15, 0.2) is 11.5 Å². The summed E-state index contributed by atoms with van der Waals surface area (Å²) in [6, 6.07) is 13.6. The van der Waals surface area contributed by atoms with Gasteiger partial charge < -0.3 is 20.4 Å². The third kappa shape index (κ3) is 4.08. The third-order valence-electron chi connectivity index (χ3n) is 5.61. The molecule has 0 radical (unpaired) electrons. The van der Waals surface area contributed by atoms with Crippen molar-refractivity contribution in [3.8, 4) is 11.5 Å². The van der Waals surface area contributed by atoms with Crippen LogP contribution in [0.1, 0.15) is 15.9 Å². The number of H-pyrrole nitrogens is 2. The predicted octanol–water partition coefficient (Wildman–Crippen LogP) is 3.08. The topological polar surface area (TPSA) is 111 Å². The maximum atomic E-state index is 12.8. The van der Waals surface area contributed by atoms with E-state index in [0.717, 1.165) is 49.6 Å². The van der Waals surface area contributed by atoms with Gasteiger partial charge in [0, 0.05) is 38.6 Å². The molecule has 0 spiro atoms. The fourth-order valence-corrected chi connectivity index (χ4v) is 3.93. The summed E-state index contributed by atoms with van der Waals surface area (Å²) in [5.74, 6) is 0.378. The molecule has 4 aromatic rings. The van der Waals surface area contributed by atoms with Gasteiger partial charge in [0.1, 0.15) is 0 Å². The molecule has 0 saturated carbocycles. The van der Waals surface area contributed by atoms with Crippen LogP contribution in [0.4, 0.5) is 11.4 Å². The van der Waals surface area contributed by atoms with Gasteiger partial charge in [-0.2, -0.15) is 5.10 Å². The molecule has 4 N–H and O–H groups in total. The van der Waals surface area contributed by atoms with Gasteiger partial charge in [-0.15, -0.1) is 0 Å². The Morgan fingerprint density at radius 1 is 1.16 bits per heavy atom. The van der Waals surface area contributed by atoms with Gasteiger partial charge in [-0.1, -0.05) is 18.2 Å². The van der Waals surface area contributed by atoms with Gasteiger partial charge in [0.25, 0.3) is 5.91 Å². The molecule has 0 aliphatic carbocycles. The number of amides is 1. The van der Waals surface area contributed by atoms with Crippen LogP contribution in [0, 0.1) is 0 Å². The SMILES string of the molecule is CNc1ccccc1C(=O)Nc1c[nH]nc1-c1nc2cc(CN3CCOCC3)ccc2[nH]1. The number of hydrogen-bond donors (Lipinski definition) is 4. The second-order valence-corrected chi connectivity index (χ2v) is 7.72. The zero-order chi connectivity index (χ0) is 21.9. The quantitative estimate of drug-likeness (QED) is 0.373. The molecule has 32 heavy (non-hydrogen) atoms. The maximum Gasteiger partial charge on any atom is 0.257 e. The minimum Gasteiger partial charge on any atom is -0.387 e. The number of aromatic nitrogens is 4. The summed E-state index contributed by atoms with van der Waals surface area (Å²) >= 11 is 0. The van der Waals surface area contributed by atoms with E-state index in [9.17, 15) is 4.79 Å².